The Labute approximate surface area is 185 Å². The van der Waals surface area contributed by atoms with Gasteiger partial charge in [-0.15, -0.1) is 0 Å². The highest BCUT2D eigenvalue weighted by Crippen LogP contribution is 2.29. The first kappa shape index (κ1) is 21.7. The minimum Gasteiger partial charge on any atom is -0.382 e. The summed E-state index contributed by atoms with van der Waals surface area (Å²) in [4.78, 5) is 38.9. The molecule has 2 aliphatic rings. The standard InChI is InChI=1S/C23H25FN4O4/c1-15(29)16-5-8-22(20(24)13-16)26-9-11-27(12-10-26)23(30)19-14-18(28(31)32)6-7-21(19)25-17-3-2-4-17/h5-8,13-14,17,25H,2-4,9-12H2,1H3. The molecule has 1 N–H and O–H groups in total. The lowest BCUT2D eigenvalue weighted by atomic mass is 9.92. The number of carbonyl (C=O) groups excluding carboxylic acids is 2. The van der Waals surface area contributed by atoms with Crippen LogP contribution in [0.2, 0.25) is 0 Å². The van der Waals surface area contributed by atoms with Gasteiger partial charge in [0.25, 0.3) is 11.6 Å². The first-order valence-corrected chi connectivity index (χ1v) is 10.7. The maximum atomic E-state index is 14.5. The highest BCUT2D eigenvalue weighted by molar-refractivity contribution is 6.00. The predicted molar refractivity (Wildman–Crippen MR) is 119 cm³/mol. The molecule has 0 spiro atoms. The molecule has 0 bridgehead atoms. The van der Waals surface area contributed by atoms with Crippen molar-refractivity contribution in [2.45, 2.75) is 32.2 Å². The predicted octanol–water partition coefficient (Wildman–Crippen LogP) is 3.86. The van der Waals surface area contributed by atoms with E-state index in [0.717, 1.165) is 19.3 Å². The Morgan fingerprint density at radius 3 is 2.38 bits per heavy atom. The van der Waals surface area contributed by atoms with Crippen molar-refractivity contribution in [3.8, 4) is 0 Å². The van der Waals surface area contributed by atoms with Gasteiger partial charge in [0, 0.05) is 55.6 Å². The number of hydrogen-bond acceptors (Lipinski definition) is 6. The molecule has 1 aliphatic heterocycles. The maximum Gasteiger partial charge on any atom is 0.270 e. The van der Waals surface area contributed by atoms with E-state index in [4.69, 9.17) is 0 Å². The van der Waals surface area contributed by atoms with Gasteiger partial charge in [-0.05, 0) is 50.5 Å². The van der Waals surface area contributed by atoms with Crippen molar-refractivity contribution in [1.82, 2.24) is 4.90 Å². The molecule has 9 heteroatoms. The number of Topliss-reactive ketones (excluding diaryl/α,β-unsaturated/α-hetero) is 1. The molecule has 2 aromatic carbocycles. The van der Waals surface area contributed by atoms with Gasteiger partial charge in [0.15, 0.2) is 5.78 Å². The van der Waals surface area contributed by atoms with Crippen LogP contribution in [0.15, 0.2) is 36.4 Å². The van der Waals surface area contributed by atoms with E-state index in [1.54, 1.807) is 23.1 Å². The van der Waals surface area contributed by atoms with Crippen molar-refractivity contribution >= 4 is 28.8 Å². The Morgan fingerprint density at radius 1 is 1.09 bits per heavy atom. The fourth-order valence-electron chi connectivity index (χ4n) is 4.02. The van der Waals surface area contributed by atoms with E-state index in [-0.39, 0.29) is 29.0 Å². The zero-order valence-corrected chi connectivity index (χ0v) is 17.8. The van der Waals surface area contributed by atoms with Crippen LogP contribution in [0, 0.1) is 15.9 Å². The van der Waals surface area contributed by atoms with E-state index in [1.165, 1.54) is 25.1 Å². The number of nitro groups is 1. The Kier molecular flexibility index (Phi) is 6.07. The van der Waals surface area contributed by atoms with Crippen LogP contribution in [0.1, 0.15) is 46.9 Å². The minimum absolute atomic E-state index is 0.126. The average Bonchev–Trinajstić information content (AvgIpc) is 2.75. The van der Waals surface area contributed by atoms with E-state index >= 15 is 0 Å². The third-order valence-corrected chi connectivity index (χ3v) is 6.17. The lowest BCUT2D eigenvalue weighted by Crippen LogP contribution is -2.49. The van der Waals surface area contributed by atoms with E-state index < -0.39 is 10.7 Å². The van der Waals surface area contributed by atoms with Crippen LogP contribution >= 0.6 is 0 Å². The third kappa shape index (κ3) is 4.42. The summed E-state index contributed by atoms with van der Waals surface area (Å²) >= 11 is 0. The zero-order chi connectivity index (χ0) is 22.8. The number of piperazine rings is 1. The second kappa shape index (κ2) is 8.94. The first-order valence-electron chi connectivity index (χ1n) is 10.7. The molecule has 1 saturated heterocycles. The van der Waals surface area contributed by atoms with E-state index in [1.807, 2.05) is 4.90 Å². The van der Waals surface area contributed by atoms with Gasteiger partial charge in [0.05, 0.1) is 16.2 Å². The number of halogens is 1. The van der Waals surface area contributed by atoms with Crippen molar-refractivity contribution in [1.29, 1.82) is 0 Å². The van der Waals surface area contributed by atoms with Crippen LogP contribution < -0.4 is 10.2 Å². The zero-order valence-electron chi connectivity index (χ0n) is 17.8. The van der Waals surface area contributed by atoms with Gasteiger partial charge in [-0.2, -0.15) is 0 Å². The average molecular weight is 440 g/mol. The van der Waals surface area contributed by atoms with Crippen LogP contribution in [-0.2, 0) is 0 Å². The van der Waals surface area contributed by atoms with E-state index in [2.05, 4.69) is 5.32 Å². The second-order valence-corrected chi connectivity index (χ2v) is 8.26. The quantitative estimate of drug-likeness (QED) is 0.416. The number of amides is 1. The lowest BCUT2D eigenvalue weighted by molar-refractivity contribution is -0.384. The number of benzene rings is 2. The normalized spacial score (nSPS) is 16.4. The molecule has 32 heavy (non-hydrogen) atoms. The lowest BCUT2D eigenvalue weighted by Gasteiger charge is -2.37. The number of carbonyl (C=O) groups is 2. The number of ketones is 1. The summed E-state index contributed by atoms with van der Waals surface area (Å²) in [6.07, 6.45) is 3.15. The van der Waals surface area contributed by atoms with Gasteiger partial charge in [-0.25, -0.2) is 4.39 Å². The molecule has 2 fully saturated rings. The smallest absolute Gasteiger partial charge is 0.270 e. The topological polar surface area (TPSA) is 95.8 Å². The molecule has 2 aromatic rings. The van der Waals surface area contributed by atoms with Crippen molar-refractivity contribution in [2.24, 2.45) is 0 Å². The summed E-state index contributed by atoms with van der Waals surface area (Å²) in [6, 6.07) is 9.03. The Balaban J connectivity index is 1.49. The third-order valence-electron chi connectivity index (χ3n) is 6.17. The number of nitrogens with one attached hydrogen (secondary N) is 1. The van der Waals surface area contributed by atoms with Gasteiger partial charge in [-0.1, -0.05) is 0 Å². The van der Waals surface area contributed by atoms with Crippen LogP contribution in [-0.4, -0.2) is 53.7 Å². The molecule has 1 aliphatic carbocycles. The maximum absolute atomic E-state index is 14.5. The van der Waals surface area contributed by atoms with Crippen molar-refractivity contribution in [2.75, 3.05) is 36.4 Å². The Bertz CT molecular complexity index is 1060. The van der Waals surface area contributed by atoms with Crippen molar-refractivity contribution in [3.63, 3.8) is 0 Å². The number of non-ortho nitro benzene ring substituents is 1. The molecule has 0 unspecified atom stereocenters. The summed E-state index contributed by atoms with van der Waals surface area (Å²) in [5, 5.41) is 14.6. The Hall–Kier alpha value is -3.49. The summed E-state index contributed by atoms with van der Waals surface area (Å²) in [7, 11) is 0. The monoisotopic (exact) mass is 440 g/mol. The highest BCUT2D eigenvalue weighted by atomic mass is 19.1. The second-order valence-electron chi connectivity index (χ2n) is 8.26. The minimum atomic E-state index is -0.505. The molecule has 1 amide bonds. The molecule has 0 aromatic heterocycles. The van der Waals surface area contributed by atoms with Gasteiger partial charge in [0.1, 0.15) is 5.82 Å². The van der Waals surface area contributed by atoms with Gasteiger partial charge in [-0.3, -0.25) is 19.7 Å². The number of hydrogen-bond donors (Lipinski definition) is 1. The fraction of sp³-hybridized carbons (Fsp3) is 0.391. The van der Waals surface area contributed by atoms with Crippen LogP contribution in [0.3, 0.4) is 0 Å². The molecule has 8 nitrogen and oxygen atoms in total. The van der Waals surface area contributed by atoms with Gasteiger partial charge < -0.3 is 15.1 Å². The molecule has 1 heterocycles. The number of rotatable bonds is 6. The summed E-state index contributed by atoms with van der Waals surface area (Å²) in [5.74, 6) is -0.945. The summed E-state index contributed by atoms with van der Waals surface area (Å²) in [5.41, 5.74) is 1.48. The SMILES string of the molecule is CC(=O)c1ccc(N2CCN(C(=O)c3cc([N+](=O)[O-])ccc3NC3CCC3)CC2)c(F)c1. The first-order chi connectivity index (χ1) is 15.3. The van der Waals surface area contributed by atoms with Gasteiger partial charge in [0.2, 0.25) is 0 Å². The van der Waals surface area contributed by atoms with Crippen molar-refractivity contribution in [3.05, 3.63) is 63.5 Å². The number of anilines is 2. The molecular formula is C23H25FN4O4. The molecule has 4 rings (SSSR count). The fourth-order valence-corrected chi connectivity index (χ4v) is 4.02. The molecule has 168 valence electrons. The van der Waals surface area contributed by atoms with Crippen LogP contribution in [0.4, 0.5) is 21.5 Å². The molecule has 1 saturated carbocycles. The number of nitro benzene ring substituents is 1. The van der Waals surface area contributed by atoms with Crippen LogP contribution in [0.5, 0.6) is 0 Å². The van der Waals surface area contributed by atoms with Crippen molar-refractivity contribution < 1.29 is 18.9 Å². The Morgan fingerprint density at radius 2 is 1.81 bits per heavy atom. The molecule has 0 radical (unpaired) electrons. The highest BCUT2D eigenvalue weighted by Gasteiger charge is 2.28. The largest absolute Gasteiger partial charge is 0.382 e. The van der Waals surface area contributed by atoms with E-state index in [0.29, 0.717) is 43.1 Å². The summed E-state index contributed by atoms with van der Waals surface area (Å²) in [6.45, 7) is 2.95. The summed E-state index contributed by atoms with van der Waals surface area (Å²) < 4.78 is 14.5. The molecular weight excluding hydrogens is 415 g/mol. The van der Waals surface area contributed by atoms with Crippen LogP contribution in [0.25, 0.3) is 0 Å². The van der Waals surface area contributed by atoms with Gasteiger partial charge >= 0.3 is 0 Å². The van der Waals surface area contributed by atoms with E-state index in [9.17, 15) is 24.1 Å². The molecule has 0 atom stereocenters. The number of nitrogens with zero attached hydrogens (tertiary/aromatic N) is 3.